The molecule has 1 aromatic rings. The minimum absolute atomic E-state index is 0.0364. The molecule has 1 fully saturated rings. The summed E-state index contributed by atoms with van der Waals surface area (Å²) in [5, 5.41) is 14.9. The van der Waals surface area contributed by atoms with E-state index in [1.807, 2.05) is 12.1 Å². The average Bonchev–Trinajstić information content (AvgIpc) is 2.39. The number of benzene rings is 1. The van der Waals surface area contributed by atoms with Crippen LogP contribution in [0.4, 0.5) is 11.4 Å². The first-order chi connectivity index (χ1) is 8.22. The molecular formula is C11H17N5O. The molecule has 0 spiro atoms. The highest BCUT2D eigenvalue weighted by Crippen LogP contribution is 2.21. The van der Waals surface area contributed by atoms with Crippen molar-refractivity contribution in [2.45, 2.75) is 0 Å². The highest BCUT2D eigenvalue weighted by Gasteiger charge is 2.12. The Balaban J connectivity index is 2.23. The molecule has 6 heteroatoms. The predicted octanol–water partition coefficient (Wildman–Crippen LogP) is -0.227. The number of nitrogen functional groups attached to an aromatic ring is 1. The van der Waals surface area contributed by atoms with E-state index in [2.05, 4.69) is 15.4 Å². The third kappa shape index (κ3) is 2.42. The van der Waals surface area contributed by atoms with Gasteiger partial charge in [0, 0.05) is 43.1 Å². The van der Waals surface area contributed by atoms with Gasteiger partial charge in [-0.25, -0.2) is 0 Å². The summed E-state index contributed by atoms with van der Waals surface area (Å²) in [7, 11) is 0. The molecule has 0 bridgehead atoms. The molecule has 1 aromatic carbocycles. The monoisotopic (exact) mass is 235 g/mol. The van der Waals surface area contributed by atoms with E-state index in [4.69, 9.17) is 16.7 Å². The molecule has 0 radical (unpaired) electrons. The van der Waals surface area contributed by atoms with Crippen molar-refractivity contribution in [3.05, 3.63) is 23.8 Å². The van der Waals surface area contributed by atoms with E-state index >= 15 is 0 Å². The lowest BCUT2D eigenvalue weighted by Crippen LogP contribution is -2.43. The van der Waals surface area contributed by atoms with Gasteiger partial charge in [0.1, 0.15) is 0 Å². The summed E-state index contributed by atoms with van der Waals surface area (Å²) < 4.78 is 0. The Morgan fingerprint density at radius 3 is 2.65 bits per heavy atom. The third-order valence-electron chi connectivity index (χ3n) is 2.90. The number of anilines is 2. The molecule has 92 valence electrons. The van der Waals surface area contributed by atoms with Gasteiger partial charge in [-0.2, -0.15) is 0 Å². The van der Waals surface area contributed by atoms with E-state index in [1.54, 1.807) is 6.07 Å². The van der Waals surface area contributed by atoms with Gasteiger partial charge >= 0.3 is 0 Å². The molecule has 0 aliphatic carbocycles. The van der Waals surface area contributed by atoms with Crippen LogP contribution >= 0.6 is 0 Å². The molecule has 1 aliphatic heterocycles. The molecule has 1 aliphatic rings. The average molecular weight is 235 g/mol. The highest BCUT2D eigenvalue weighted by atomic mass is 16.4. The van der Waals surface area contributed by atoms with Crippen molar-refractivity contribution in [2.75, 3.05) is 36.8 Å². The fraction of sp³-hybridized carbons (Fsp3) is 0.364. The zero-order valence-electron chi connectivity index (χ0n) is 9.56. The SMILES string of the molecule is NC(=NO)c1ccc(N2CCNCC2)cc1N. The third-order valence-corrected chi connectivity index (χ3v) is 2.90. The van der Waals surface area contributed by atoms with Crippen molar-refractivity contribution in [3.63, 3.8) is 0 Å². The summed E-state index contributed by atoms with van der Waals surface area (Å²) in [6, 6.07) is 5.58. The van der Waals surface area contributed by atoms with Crippen LogP contribution in [0.25, 0.3) is 0 Å². The van der Waals surface area contributed by atoms with Crippen LogP contribution < -0.4 is 21.7 Å². The fourth-order valence-corrected chi connectivity index (χ4v) is 1.96. The Labute approximate surface area is 99.9 Å². The van der Waals surface area contributed by atoms with Crippen LogP contribution in [0.15, 0.2) is 23.4 Å². The van der Waals surface area contributed by atoms with Crippen molar-refractivity contribution in [1.82, 2.24) is 5.32 Å². The van der Waals surface area contributed by atoms with Crippen molar-refractivity contribution < 1.29 is 5.21 Å². The van der Waals surface area contributed by atoms with E-state index in [0.29, 0.717) is 11.3 Å². The van der Waals surface area contributed by atoms with Gasteiger partial charge in [-0.15, -0.1) is 0 Å². The zero-order chi connectivity index (χ0) is 12.3. The molecule has 17 heavy (non-hydrogen) atoms. The second kappa shape index (κ2) is 4.92. The molecule has 0 atom stereocenters. The fourth-order valence-electron chi connectivity index (χ4n) is 1.96. The van der Waals surface area contributed by atoms with Crippen LogP contribution in [-0.2, 0) is 0 Å². The van der Waals surface area contributed by atoms with E-state index in [-0.39, 0.29) is 5.84 Å². The minimum atomic E-state index is 0.0364. The maximum Gasteiger partial charge on any atom is 0.172 e. The van der Waals surface area contributed by atoms with Gasteiger partial charge in [0.05, 0.1) is 0 Å². The second-order valence-electron chi connectivity index (χ2n) is 3.99. The van der Waals surface area contributed by atoms with E-state index in [0.717, 1.165) is 31.9 Å². The quantitative estimate of drug-likeness (QED) is 0.187. The van der Waals surface area contributed by atoms with Gasteiger partial charge in [-0.1, -0.05) is 5.16 Å². The normalized spacial score (nSPS) is 17.2. The first-order valence-electron chi connectivity index (χ1n) is 5.55. The first-order valence-corrected chi connectivity index (χ1v) is 5.55. The predicted molar refractivity (Wildman–Crippen MR) is 68.4 cm³/mol. The Morgan fingerprint density at radius 1 is 1.35 bits per heavy atom. The molecular weight excluding hydrogens is 218 g/mol. The molecule has 2 rings (SSSR count). The van der Waals surface area contributed by atoms with Gasteiger partial charge in [0.25, 0.3) is 0 Å². The van der Waals surface area contributed by atoms with Crippen LogP contribution in [0.3, 0.4) is 0 Å². The van der Waals surface area contributed by atoms with Crippen LogP contribution in [0.5, 0.6) is 0 Å². The molecule has 6 nitrogen and oxygen atoms in total. The molecule has 1 heterocycles. The van der Waals surface area contributed by atoms with Crippen LogP contribution in [0.2, 0.25) is 0 Å². The van der Waals surface area contributed by atoms with Crippen molar-refractivity contribution in [3.8, 4) is 0 Å². The lowest BCUT2D eigenvalue weighted by molar-refractivity contribution is 0.318. The smallest absolute Gasteiger partial charge is 0.172 e. The van der Waals surface area contributed by atoms with Crippen LogP contribution in [0.1, 0.15) is 5.56 Å². The van der Waals surface area contributed by atoms with Crippen LogP contribution in [-0.4, -0.2) is 37.2 Å². The minimum Gasteiger partial charge on any atom is -0.409 e. The Morgan fingerprint density at radius 2 is 2.06 bits per heavy atom. The van der Waals surface area contributed by atoms with Gasteiger partial charge in [0.15, 0.2) is 5.84 Å². The number of piperazine rings is 1. The lowest BCUT2D eigenvalue weighted by Gasteiger charge is -2.29. The number of hydrogen-bond acceptors (Lipinski definition) is 5. The molecule has 1 saturated heterocycles. The van der Waals surface area contributed by atoms with Gasteiger partial charge in [-0.05, 0) is 18.2 Å². The van der Waals surface area contributed by atoms with Crippen molar-refractivity contribution in [2.24, 2.45) is 10.9 Å². The van der Waals surface area contributed by atoms with Gasteiger partial charge in [0.2, 0.25) is 0 Å². The summed E-state index contributed by atoms with van der Waals surface area (Å²) in [5.41, 5.74) is 13.6. The van der Waals surface area contributed by atoms with E-state index in [1.165, 1.54) is 0 Å². The number of hydrogen-bond donors (Lipinski definition) is 4. The van der Waals surface area contributed by atoms with Crippen molar-refractivity contribution in [1.29, 1.82) is 0 Å². The number of amidine groups is 1. The van der Waals surface area contributed by atoms with Crippen molar-refractivity contribution >= 4 is 17.2 Å². The maximum absolute atomic E-state index is 8.62. The highest BCUT2D eigenvalue weighted by molar-refractivity contribution is 6.02. The maximum atomic E-state index is 8.62. The lowest BCUT2D eigenvalue weighted by atomic mass is 10.1. The summed E-state index contributed by atoms with van der Waals surface area (Å²) in [4.78, 5) is 2.25. The standard InChI is InChI=1S/C11H17N5O/c12-10-7-8(16-5-3-14-4-6-16)1-2-9(10)11(13)15-17/h1-2,7,14,17H,3-6,12H2,(H2,13,15). The zero-order valence-corrected chi connectivity index (χ0v) is 9.56. The van der Waals surface area contributed by atoms with Gasteiger partial charge < -0.3 is 26.9 Å². The molecule has 0 aromatic heterocycles. The first kappa shape index (κ1) is 11.5. The number of nitrogens with one attached hydrogen (secondary N) is 1. The number of rotatable bonds is 2. The molecule has 0 unspecified atom stereocenters. The topological polar surface area (TPSA) is 99.9 Å². The van der Waals surface area contributed by atoms with E-state index < -0.39 is 0 Å². The molecule has 0 saturated carbocycles. The second-order valence-corrected chi connectivity index (χ2v) is 3.99. The summed E-state index contributed by atoms with van der Waals surface area (Å²) >= 11 is 0. The summed E-state index contributed by atoms with van der Waals surface area (Å²) in [5.74, 6) is 0.0364. The molecule has 6 N–H and O–H groups in total. The Bertz CT molecular complexity index is 426. The number of oxime groups is 1. The Kier molecular flexibility index (Phi) is 3.34. The summed E-state index contributed by atoms with van der Waals surface area (Å²) in [6.07, 6.45) is 0. The number of nitrogens with zero attached hydrogens (tertiary/aromatic N) is 2. The van der Waals surface area contributed by atoms with Crippen LogP contribution in [0, 0.1) is 0 Å². The summed E-state index contributed by atoms with van der Waals surface area (Å²) in [6.45, 7) is 3.87. The Hall–Kier alpha value is -1.95. The number of nitrogens with two attached hydrogens (primary N) is 2. The van der Waals surface area contributed by atoms with E-state index in [9.17, 15) is 0 Å². The molecule has 0 amide bonds. The van der Waals surface area contributed by atoms with Gasteiger partial charge in [-0.3, -0.25) is 0 Å². The largest absolute Gasteiger partial charge is 0.409 e.